The summed E-state index contributed by atoms with van der Waals surface area (Å²) in [5, 5.41) is 6.37. The minimum atomic E-state index is 0.110. The van der Waals surface area contributed by atoms with Crippen molar-refractivity contribution < 1.29 is 4.79 Å². The third kappa shape index (κ3) is 5.16. The topological polar surface area (TPSA) is 61.4 Å². The molecule has 150 valence electrons. The standard InChI is InChI=1S/C21H29N5OS/c27-21(24-14-17-3-1-7-22-13-17)18-4-2-9-26(15-18)19-5-10-25(11-6-19)16-20-23-8-12-28-20/h1,3,7-8,12-13,18-19H,2,4-6,9-11,14-16H2,(H,24,27)/t18-/m0/s1. The molecule has 1 amide bonds. The Morgan fingerprint density at radius 2 is 2.11 bits per heavy atom. The summed E-state index contributed by atoms with van der Waals surface area (Å²) in [7, 11) is 0. The van der Waals surface area contributed by atoms with Crippen LogP contribution in [0, 0.1) is 5.92 Å². The maximum absolute atomic E-state index is 12.7. The number of carbonyl (C=O) groups excluding carboxylic acids is 1. The Morgan fingerprint density at radius 3 is 2.86 bits per heavy atom. The molecule has 0 aliphatic carbocycles. The summed E-state index contributed by atoms with van der Waals surface area (Å²) in [6.45, 7) is 5.82. The van der Waals surface area contributed by atoms with E-state index in [0.29, 0.717) is 12.6 Å². The predicted octanol–water partition coefficient (Wildman–Crippen LogP) is 2.53. The summed E-state index contributed by atoms with van der Waals surface area (Å²) in [5.74, 6) is 0.300. The summed E-state index contributed by atoms with van der Waals surface area (Å²) in [6, 6.07) is 4.52. The zero-order valence-electron chi connectivity index (χ0n) is 16.3. The highest BCUT2D eigenvalue weighted by atomic mass is 32.1. The fraction of sp³-hybridized carbons (Fsp3) is 0.571. The van der Waals surface area contributed by atoms with Gasteiger partial charge in [-0.15, -0.1) is 11.3 Å². The quantitative estimate of drug-likeness (QED) is 0.809. The molecule has 2 aromatic rings. The Balaban J connectivity index is 1.23. The predicted molar refractivity (Wildman–Crippen MR) is 111 cm³/mol. The van der Waals surface area contributed by atoms with E-state index in [1.165, 1.54) is 17.8 Å². The van der Waals surface area contributed by atoms with Crippen LogP contribution in [0.1, 0.15) is 36.3 Å². The molecule has 2 aliphatic heterocycles. The lowest BCUT2D eigenvalue weighted by Crippen LogP contribution is -2.50. The largest absolute Gasteiger partial charge is 0.352 e. The van der Waals surface area contributed by atoms with Gasteiger partial charge < -0.3 is 5.32 Å². The Labute approximate surface area is 171 Å². The molecule has 0 spiro atoms. The summed E-state index contributed by atoms with van der Waals surface area (Å²) in [4.78, 5) is 26.3. The number of likely N-dealkylation sites (tertiary alicyclic amines) is 2. The van der Waals surface area contributed by atoms with Crippen LogP contribution in [0.25, 0.3) is 0 Å². The van der Waals surface area contributed by atoms with Crippen molar-refractivity contribution in [3.63, 3.8) is 0 Å². The number of hydrogen-bond donors (Lipinski definition) is 1. The van der Waals surface area contributed by atoms with Crippen molar-refractivity contribution in [3.05, 3.63) is 46.7 Å². The van der Waals surface area contributed by atoms with Crippen LogP contribution in [0.2, 0.25) is 0 Å². The number of hydrogen-bond acceptors (Lipinski definition) is 6. The van der Waals surface area contributed by atoms with Gasteiger partial charge in [-0.1, -0.05) is 6.07 Å². The van der Waals surface area contributed by atoms with Gasteiger partial charge >= 0.3 is 0 Å². The van der Waals surface area contributed by atoms with E-state index in [4.69, 9.17) is 0 Å². The van der Waals surface area contributed by atoms with Gasteiger partial charge in [-0.3, -0.25) is 19.6 Å². The van der Waals surface area contributed by atoms with Crippen LogP contribution in [0.15, 0.2) is 36.1 Å². The molecule has 6 nitrogen and oxygen atoms in total. The molecule has 0 radical (unpaired) electrons. The smallest absolute Gasteiger partial charge is 0.224 e. The lowest BCUT2D eigenvalue weighted by Gasteiger charge is -2.41. The molecule has 2 fully saturated rings. The number of nitrogens with one attached hydrogen (secondary N) is 1. The third-order valence-electron chi connectivity index (χ3n) is 5.93. The van der Waals surface area contributed by atoms with Gasteiger partial charge in [0.25, 0.3) is 0 Å². The van der Waals surface area contributed by atoms with Crippen LogP contribution in [0.5, 0.6) is 0 Å². The maximum atomic E-state index is 12.7. The summed E-state index contributed by atoms with van der Waals surface area (Å²) >= 11 is 1.74. The molecule has 28 heavy (non-hydrogen) atoms. The minimum Gasteiger partial charge on any atom is -0.352 e. The van der Waals surface area contributed by atoms with Crippen LogP contribution in [0.4, 0.5) is 0 Å². The highest BCUT2D eigenvalue weighted by molar-refractivity contribution is 7.09. The van der Waals surface area contributed by atoms with Gasteiger partial charge in [-0.05, 0) is 43.9 Å². The molecule has 2 aliphatic rings. The Morgan fingerprint density at radius 1 is 1.21 bits per heavy atom. The number of carbonyl (C=O) groups is 1. The van der Waals surface area contributed by atoms with E-state index in [-0.39, 0.29) is 11.8 Å². The van der Waals surface area contributed by atoms with E-state index in [1.807, 2.05) is 24.5 Å². The van der Waals surface area contributed by atoms with Gasteiger partial charge in [0.1, 0.15) is 5.01 Å². The zero-order chi connectivity index (χ0) is 19.2. The SMILES string of the molecule is O=C(NCc1cccnc1)[C@H]1CCCN(C2CCN(Cc3nccs3)CC2)C1. The molecule has 0 unspecified atom stereocenters. The Bertz CT molecular complexity index is 731. The lowest BCUT2D eigenvalue weighted by molar-refractivity contribution is -0.127. The van der Waals surface area contributed by atoms with Crippen molar-refractivity contribution in [2.75, 3.05) is 26.2 Å². The minimum absolute atomic E-state index is 0.110. The van der Waals surface area contributed by atoms with E-state index in [9.17, 15) is 4.79 Å². The van der Waals surface area contributed by atoms with Crippen molar-refractivity contribution in [3.8, 4) is 0 Å². The van der Waals surface area contributed by atoms with Crippen LogP contribution in [-0.2, 0) is 17.9 Å². The molecule has 4 heterocycles. The number of piperidine rings is 2. The second-order valence-electron chi connectivity index (χ2n) is 7.85. The van der Waals surface area contributed by atoms with E-state index in [1.54, 1.807) is 17.5 Å². The van der Waals surface area contributed by atoms with E-state index >= 15 is 0 Å². The molecule has 1 atom stereocenters. The zero-order valence-corrected chi connectivity index (χ0v) is 17.1. The average molecular weight is 400 g/mol. The summed E-state index contributed by atoms with van der Waals surface area (Å²) in [5.41, 5.74) is 1.05. The molecule has 4 rings (SSSR count). The van der Waals surface area contributed by atoms with Crippen LogP contribution in [0.3, 0.4) is 0 Å². The van der Waals surface area contributed by atoms with Gasteiger partial charge in [-0.25, -0.2) is 4.98 Å². The maximum Gasteiger partial charge on any atom is 0.224 e. The molecule has 0 saturated carbocycles. The fourth-order valence-corrected chi connectivity index (χ4v) is 5.01. The highest BCUT2D eigenvalue weighted by Crippen LogP contribution is 2.25. The number of thiazole rings is 1. The summed E-state index contributed by atoms with van der Waals surface area (Å²) in [6.07, 6.45) is 9.95. The van der Waals surface area contributed by atoms with E-state index < -0.39 is 0 Å². The number of pyridine rings is 1. The van der Waals surface area contributed by atoms with Crippen molar-refractivity contribution in [1.29, 1.82) is 0 Å². The molecule has 0 aromatic carbocycles. The number of amides is 1. The second kappa shape index (κ2) is 9.58. The van der Waals surface area contributed by atoms with Crippen molar-refractivity contribution in [2.24, 2.45) is 5.92 Å². The van der Waals surface area contributed by atoms with Gasteiger partial charge in [0.2, 0.25) is 5.91 Å². The normalized spacial score (nSPS) is 22.2. The van der Waals surface area contributed by atoms with E-state index in [0.717, 1.165) is 51.1 Å². The molecular formula is C21H29N5OS. The molecule has 2 aromatic heterocycles. The third-order valence-corrected chi connectivity index (χ3v) is 6.69. The molecular weight excluding hydrogens is 370 g/mol. The molecule has 1 N–H and O–H groups in total. The van der Waals surface area contributed by atoms with Gasteiger partial charge in [0.15, 0.2) is 0 Å². The first kappa shape index (κ1) is 19.5. The highest BCUT2D eigenvalue weighted by Gasteiger charge is 2.31. The fourth-order valence-electron chi connectivity index (χ4n) is 4.35. The number of rotatable bonds is 6. The van der Waals surface area contributed by atoms with Gasteiger partial charge in [0, 0.05) is 56.2 Å². The monoisotopic (exact) mass is 399 g/mol. The van der Waals surface area contributed by atoms with Crippen molar-refractivity contribution in [1.82, 2.24) is 25.1 Å². The first-order chi connectivity index (χ1) is 13.8. The molecule has 2 saturated heterocycles. The Kier molecular flexibility index (Phi) is 6.67. The molecule has 7 heteroatoms. The van der Waals surface area contributed by atoms with Gasteiger partial charge in [0.05, 0.1) is 12.5 Å². The Hall–Kier alpha value is -1.83. The second-order valence-corrected chi connectivity index (χ2v) is 8.83. The number of aromatic nitrogens is 2. The van der Waals surface area contributed by atoms with Crippen molar-refractivity contribution in [2.45, 2.75) is 44.8 Å². The first-order valence-corrected chi connectivity index (χ1v) is 11.2. The van der Waals surface area contributed by atoms with Crippen LogP contribution >= 0.6 is 11.3 Å². The van der Waals surface area contributed by atoms with E-state index in [2.05, 4.69) is 30.5 Å². The van der Waals surface area contributed by atoms with Gasteiger partial charge in [-0.2, -0.15) is 0 Å². The summed E-state index contributed by atoms with van der Waals surface area (Å²) < 4.78 is 0. The van der Waals surface area contributed by atoms with Crippen molar-refractivity contribution >= 4 is 17.2 Å². The first-order valence-electron chi connectivity index (χ1n) is 10.3. The molecule has 0 bridgehead atoms. The van der Waals surface area contributed by atoms with Crippen LogP contribution < -0.4 is 5.32 Å². The average Bonchev–Trinajstić information content (AvgIpc) is 3.26. The lowest BCUT2D eigenvalue weighted by atomic mass is 9.93. The van der Waals surface area contributed by atoms with Crippen LogP contribution in [-0.4, -0.2) is 57.9 Å². The number of nitrogens with zero attached hydrogens (tertiary/aromatic N) is 4.